The van der Waals surface area contributed by atoms with Crippen LogP contribution in [0.2, 0.25) is 0 Å². The lowest BCUT2D eigenvalue weighted by Gasteiger charge is -2.15. The second-order valence-corrected chi connectivity index (χ2v) is 5.64. The van der Waals surface area contributed by atoms with Crippen molar-refractivity contribution >= 4 is 11.8 Å². The van der Waals surface area contributed by atoms with E-state index < -0.39 is 0 Å². The van der Waals surface area contributed by atoms with Crippen molar-refractivity contribution in [2.45, 2.75) is 38.5 Å². The summed E-state index contributed by atoms with van der Waals surface area (Å²) in [7, 11) is 0. The van der Waals surface area contributed by atoms with E-state index in [4.69, 9.17) is 5.73 Å². The summed E-state index contributed by atoms with van der Waals surface area (Å²) in [6, 6.07) is 5.18. The van der Waals surface area contributed by atoms with Crippen LogP contribution in [0.5, 0.6) is 0 Å². The smallest absolute Gasteiger partial charge is 0.126 e. The highest BCUT2D eigenvalue weighted by molar-refractivity contribution is 7.99. The molecule has 0 aliphatic carbocycles. The van der Waals surface area contributed by atoms with Crippen LogP contribution >= 0.6 is 11.8 Å². The Labute approximate surface area is 102 Å². The Morgan fingerprint density at radius 1 is 1.44 bits per heavy atom. The molecule has 1 rings (SSSR count). The number of hydrogen-bond acceptors (Lipinski definition) is 2. The van der Waals surface area contributed by atoms with Crippen molar-refractivity contribution in [3.63, 3.8) is 0 Å². The number of rotatable bonds is 5. The Balaban J connectivity index is 2.59. The second kappa shape index (κ2) is 6.26. The zero-order chi connectivity index (χ0) is 12.1. The Morgan fingerprint density at radius 3 is 2.69 bits per heavy atom. The summed E-state index contributed by atoms with van der Waals surface area (Å²) >= 11 is 1.84. The highest BCUT2D eigenvalue weighted by atomic mass is 32.2. The van der Waals surface area contributed by atoms with Gasteiger partial charge in [-0.15, -0.1) is 0 Å². The number of hydrogen-bond donors (Lipinski definition) is 1. The third kappa shape index (κ3) is 3.80. The van der Waals surface area contributed by atoms with Crippen molar-refractivity contribution in [2.75, 3.05) is 5.75 Å². The molecule has 3 heteroatoms. The van der Waals surface area contributed by atoms with Crippen molar-refractivity contribution in [1.82, 2.24) is 0 Å². The van der Waals surface area contributed by atoms with Gasteiger partial charge in [0.05, 0.1) is 0 Å². The molecule has 0 aliphatic rings. The first-order valence-electron chi connectivity index (χ1n) is 5.67. The van der Waals surface area contributed by atoms with Gasteiger partial charge in [-0.2, -0.15) is 11.8 Å². The van der Waals surface area contributed by atoms with Gasteiger partial charge in [-0.1, -0.05) is 26.0 Å². The van der Waals surface area contributed by atoms with Crippen LogP contribution in [0, 0.1) is 12.7 Å². The molecule has 0 aromatic heterocycles. The highest BCUT2D eigenvalue weighted by Gasteiger charge is 2.10. The van der Waals surface area contributed by atoms with Crippen molar-refractivity contribution < 1.29 is 4.39 Å². The Kier molecular flexibility index (Phi) is 5.29. The van der Waals surface area contributed by atoms with E-state index >= 15 is 0 Å². The van der Waals surface area contributed by atoms with Crippen LogP contribution < -0.4 is 5.73 Å². The van der Waals surface area contributed by atoms with Gasteiger partial charge in [-0.25, -0.2) is 4.39 Å². The van der Waals surface area contributed by atoms with Crippen molar-refractivity contribution in [3.05, 3.63) is 35.1 Å². The second-order valence-electron chi connectivity index (χ2n) is 4.17. The first-order chi connectivity index (χ1) is 7.54. The molecule has 2 N–H and O–H groups in total. The van der Waals surface area contributed by atoms with Crippen LogP contribution in [0.1, 0.15) is 37.4 Å². The largest absolute Gasteiger partial charge is 0.323 e. The quantitative estimate of drug-likeness (QED) is 0.851. The molecule has 0 saturated carbocycles. The van der Waals surface area contributed by atoms with Crippen LogP contribution in [-0.2, 0) is 0 Å². The van der Waals surface area contributed by atoms with Gasteiger partial charge in [0.25, 0.3) is 0 Å². The fraction of sp³-hybridized carbons (Fsp3) is 0.538. The first-order valence-corrected chi connectivity index (χ1v) is 6.72. The van der Waals surface area contributed by atoms with Crippen molar-refractivity contribution in [2.24, 2.45) is 5.73 Å². The van der Waals surface area contributed by atoms with E-state index in [0.29, 0.717) is 10.8 Å². The molecule has 0 saturated heterocycles. The average Bonchev–Trinajstić information content (AvgIpc) is 2.29. The maximum Gasteiger partial charge on any atom is 0.126 e. The van der Waals surface area contributed by atoms with Gasteiger partial charge < -0.3 is 5.73 Å². The topological polar surface area (TPSA) is 26.0 Å². The summed E-state index contributed by atoms with van der Waals surface area (Å²) in [4.78, 5) is 0. The van der Waals surface area contributed by atoms with Crippen LogP contribution in [0.15, 0.2) is 18.2 Å². The van der Waals surface area contributed by atoms with E-state index in [1.54, 1.807) is 19.1 Å². The third-order valence-corrected chi connectivity index (χ3v) is 4.21. The number of thioether (sulfide) groups is 1. The maximum absolute atomic E-state index is 13.3. The minimum Gasteiger partial charge on any atom is -0.323 e. The molecule has 1 aromatic carbocycles. The molecule has 16 heavy (non-hydrogen) atoms. The van der Waals surface area contributed by atoms with Gasteiger partial charge in [0.15, 0.2) is 0 Å². The Hall–Kier alpha value is -0.540. The molecule has 0 spiro atoms. The lowest BCUT2D eigenvalue weighted by Crippen LogP contribution is -2.15. The maximum atomic E-state index is 13.3. The van der Waals surface area contributed by atoms with Crippen molar-refractivity contribution in [3.8, 4) is 0 Å². The van der Waals surface area contributed by atoms with Crippen LogP contribution in [0.4, 0.5) is 4.39 Å². The number of aryl methyl sites for hydroxylation is 1. The summed E-state index contributed by atoms with van der Waals surface area (Å²) in [5, 5.41) is 0.612. The van der Waals surface area contributed by atoms with Crippen LogP contribution in [-0.4, -0.2) is 11.0 Å². The van der Waals surface area contributed by atoms with E-state index in [2.05, 4.69) is 13.8 Å². The molecular formula is C13H20FNS. The summed E-state index contributed by atoms with van der Waals surface area (Å²) in [5.74, 6) is 0.679. The summed E-state index contributed by atoms with van der Waals surface area (Å²) in [6.07, 6.45) is 1.14. The molecule has 0 bridgehead atoms. The summed E-state index contributed by atoms with van der Waals surface area (Å²) in [5.41, 5.74) is 7.59. The first kappa shape index (κ1) is 13.5. The van der Waals surface area contributed by atoms with E-state index in [-0.39, 0.29) is 11.9 Å². The monoisotopic (exact) mass is 241 g/mol. The lowest BCUT2D eigenvalue weighted by atomic mass is 10.1. The van der Waals surface area contributed by atoms with Gasteiger partial charge in [0, 0.05) is 17.0 Å². The minimum absolute atomic E-state index is 0.0749. The number of halogens is 1. The van der Waals surface area contributed by atoms with E-state index in [9.17, 15) is 4.39 Å². The van der Waals surface area contributed by atoms with Gasteiger partial charge in [-0.05, 0) is 30.5 Å². The van der Waals surface area contributed by atoms with E-state index in [1.165, 1.54) is 0 Å². The SMILES string of the molecule is CCC(C)SCC(N)c1ccc(C)c(F)c1. The van der Waals surface area contributed by atoms with E-state index in [1.807, 2.05) is 17.8 Å². The molecule has 0 heterocycles. The molecule has 2 unspecified atom stereocenters. The fourth-order valence-electron chi connectivity index (χ4n) is 1.32. The fourth-order valence-corrected chi connectivity index (χ4v) is 2.29. The summed E-state index contributed by atoms with van der Waals surface area (Å²) < 4.78 is 13.3. The van der Waals surface area contributed by atoms with Gasteiger partial charge in [0.2, 0.25) is 0 Å². The molecule has 90 valence electrons. The Bertz CT molecular complexity index is 341. The minimum atomic E-state index is -0.165. The molecule has 2 atom stereocenters. The van der Waals surface area contributed by atoms with Gasteiger partial charge in [-0.3, -0.25) is 0 Å². The standard InChI is InChI=1S/C13H20FNS/c1-4-10(3)16-8-13(15)11-6-5-9(2)12(14)7-11/h5-7,10,13H,4,8,15H2,1-3H3. The van der Waals surface area contributed by atoms with Gasteiger partial charge >= 0.3 is 0 Å². The van der Waals surface area contributed by atoms with Crippen molar-refractivity contribution in [1.29, 1.82) is 0 Å². The molecular weight excluding hydrogens is 221 g/mol. The van der Waals surface area contributed by atoms with E-state index in [0.717, 1.165) is 17.7 Å². The normalized spacial score (nSPS) is 14.8. The highest BCUT2D eigenvalue weighted by Crippen LogP contribution is 2.22. The predicted octanol–water partition coefficient (Wildman–Crippen LogP) is 3.67. The molecule has 1 nitrogen and oxygen atoms in total. The van der Waals surface area contributed by atoms with Gasteiger partial charge in [0.1, 0.15) is 5.82 Å². The Morgan fingerprint density at radius 2 is 2.12 bits per heavy atom. The predicted molar refractivity (Wildman–Crippen MR) is 70.3 cm³/mol. The number of nitrogens with two attached hydrogens (primary N) is 1. The van der Waals surface area contributed by atoms with Crippen LogP contribution in [0.25, 0.3) is 0 Å². The average molecular weight is 241 g/mol. The lowest BCUT2D eigenvalue weighted by molar-refractivity contribution is 0.613. The molecule has 0 aliphatic heterocycles. The molecule has 0 amide bonds. The van der Waals surface area contributed by atoms with Crippen LogP contribution in [0.3, 0.4) is 0 Å². The zero-order valence-corrected chi connectivity index (χ0v) is 11.0. The third-order valence-electron chi connectivity index (χ3n) is 2.76. The molecule has 1 aromatic rings. The zero-order valence-electron chi connectivity index (χ0n) is 10.2. The number of benzene rings is 1. The summed E-state index contributed by atoms with van der Waals surface area (Å²) in [6.45, 7) is 6.11. The molecule has 0 fully saturated rings. The molecule has 0 radical (unpaired) electrons.